The van der Waals surface area contributed by atoms with Crippen molar-refractivity contribution in [3.63, 3.8) is 0 Å². The normalized spacial score (nSPS) is 13.7. The molecule has 0 aromatic heterocycles. The first-order valence-corrected chi connectivity index (χ1v) is 11.8. The quantitative estimate of drug-likeness (QED) is 0.236. The molecule has 0 rings (SSSR count). The van der Waals surface area contributed by atoms with Gasteiger partial charge in [-0.3, -0.25) is 0 Å². The van der Waals surface area contributed by atoms with E-state index in [0.29, 0.717) is 13.2 Å². The molecule has 176 valence electrons. The zero-order valence-corrected chi connectivity index (χ0v) is 22.3. The van der Waals surface area contributed by atoms with Crippen molar-refractivity contribution in [2.75, 3.05) is 13.2 Å². The zero-order chi connectivity index (χ0) is 23.8. The Morgan fingerprint density at radius 2 is 1.07 bits per heavy atom. The van der Waals surface area contributed by atoms with Crippen LogP contribution in [0, 0.1) is 0 Å². The van der Waals surface area contributed by atoms with Crippen molar-refractivity contribution in [1.29, 1.82) is 0 Å². The van der Waals surface area contributed by atoms with Crippen molar-refractivity contribution in [3.05, 3.63) is 0 Å². The third-order valence-electron chi connectivity index (χ3n) is 7.70. The van der Waals surface area contributed by atoms with E-state index in [4.69, 9.17) is 9.47 Å². The molecule has 0 aliphatic carbocycles. The van der Waals surface area contributed by atoms with E-state index >= 15 is 0 Å². The van der Waals surface area contributed by atoms with Crippen LogP contribution in [0.1, 0.15) is 108 Å². The molecule has 0 saturated carbocycles. The highest BCUT2D eigenvalue weighted by Gasteiger charge is 2.33. The Hall–Kier alpha value is -0.680. The monoisotopic (exact) mass is 424 g/mol. The van der Waals surface area contributed by atoms with Gasteiger partial charge in [-0.1, -0.05) is 13.8 Å². The molecule has 0 heterocycles. The molecule has 30 heavy (non-hydrogen) atoms. The van der Waals surface area contributed by atoms with Gasteiger partial charge in [-0.05, 0) is 93.9 Å². The number of rotatable bonds is 14. The van der Waals surface area contributed by atoms with Crippen LogP contribution in [0.15, 0.2) is 0 Å². The van der Waals surface area contributed by atoms with Gasteiger partial charge in [0.05, 0.1) is 13.2 Å². The summed E-state index contributed by atoms with van der Waals surface area (Å²) in [6.45, 7) is 23.2. The van der Waals surface area contributed by atoms with Gasteiger partial charge in [0.25, 0.3) is 0 Å². The second-order valence-electron chi connectivity index (χ2n) is 11.2. The summed E-state index contributed by atoms with van der Waals surface area (Å²) in [7, 11) is 4.35. The number of carbonyl (C=O) groups is 1. The summed E-state index contributed by atoms with van der Waals surface area (Å²) in [6, 6.07) is 0. The predicted octanol–water partition coefficient (Wildman–Crippen LogP) is 4.33. The van der Waals surface area contributed by atoms with Gasteiger partial charge in [-0.15, -0.1) is 0 Å². The minimum atomic E-state index is -0.549. The molecule has 0 bridgehead atoms. The van der Waals surface area contributed by atoms with Gasteiger partial charge in [0, 0.05) is 22.2 Å². The SMILES string of the molecule is BN(C(C)(C)CC)C(C)(C)CCCCOC(=O)OCCC(C)(C)N(B)C(C)(C)CC. The summed E-state index contributed by atoms with van der Waals surface area (Å²) in [4.78, 5) is 16.8. The molecular formula is C23H50B2N2O3. The Kier molecular flexibility index (Phi) is 11.5. The van der Waals surface area contributed by atoms with Gasteiger partial charge in [0.15, 0.2) is 16.0 Å². The van der Waals surface area contributed by atoms with Crippen molar-refractivity contribution in [2.24, 2.45) is 0 Å². The molecule has 0 N–H and O–H groups in total. The van der Waals surface area contributed by atoms with E-state index in [-0.39, 0.29) is 22.2 Å². The number of hydrogen-bond donors (Lipinski definition) is 0. The second-order valence-corrected chi connectivity index (χ2v) is 11.2. The van der Waals surface area contributed by atoms with Gasteiger partial charge in [-0.2, -0.15) is 0 Å². The number of hydrogen-bond acceptors (Lipinski definition) is 5. The highest BCUT2D eigenvalue weighted by molar-refractivity contribution is 6.05. The predicted molar refractivity (Wildman–Crippen MR) is 133 cm³/mol. The van der Waals surface area contributed by atoms with Crippen molar-refractivity contribution in [1.82, 2.24) is 9.62 Å². The van der Waals surface area contributed by atoms with Crippen LogP contribution in [-0.4, -0.2) is 67.1 Å². The first kappa shape index (κ1) is 29.3. The van der Waals surface area contributed by atoms with Crippen molar-refractivity contribution < 1.29 is 14.3 Å². The summed E-state index contributed by atoms with van der Waals surface area (Å²) < 4.78 is 10.6. The fourth-order valence-electron chi connectivity index (χ4n) is 3.69. The van der Waals surface area contributed by atoms with Crippen LogP contribution in [-0.2, 0) is 9.47 Å². The average Bonchev–Trinajstić information content (AvgIpc) is 2.66. The lowest BCUT2D eigenvalue weighted by Crippen LogP contribution is -2.54. The molecule has 0 radical (unpaired) electrons. The topological polar surface area (TPSA) is 42.0 Å². The molecule has 0 saturated heterocycles. The second kappa shape index (κ2) is 11.8. The molecule has 0 fully saturated rings. The van der Waals surface area contributed by atoms with E-state index < -0.39 is 6.16 Å². The van der Waals surface area contributed by atoms with Gasteiger partial charge in [-0.25, -0.2) is 4.79 Å². The number of nitrogens with zero attached hydrogens (tertiary/aromatic N) is 2. The van der Waals surface area contributed by atoms with Crippen LogP contribution >= 0.6 is 0 Å². The van der Waals surface area contributed by atoms with Crippen LogP contribution in [0.2, 0.25) is 0 Å². The van der Waals surface area contributed by atoms with Gasteiger partial charge >= 0.3 is 6.16 Å². The molecule has 0 aliphatic rings. The summed E-state index contributed by atoms with van der Waals surface area (Å²) in [5.74, 6) is 0. The molecule has 0 spiro atoms. The molecule has 0 unspecified atom stereocenters. The molecule has 0 atom stereocenters. The van der Waals surface area contributed by atoms with E-state index in [0.717, 1.165) is 38.5 Å². The Balaban J connectivity index is 4.20. The van der Waals surface area contributed by atoms with Gasteiger partial charge < -0.3 is 19.1 Å². The fourth-order valence-corrected chi connectivity index (χ4v) is 3.69. The fraction of sp³-hybridized carbons (Fsp3) is 0.957. The van der Waals surface area contributed by atoms with Crippen molar-refractivity contribution >= 4 is 22.1 Å². The van der Waals surface area contributed by atoms with Crippen molar-refractivity contribution in [2.45, 2.75) is 130 Å². The third kappa shape index (κ3) is 9.21. The molecular weight excluding hydrogens is 374 g/mol. The molecule has 0 aliphatic heterocycles. The van der Waals surface area contributed by atoms with Crippen LogP contribution in [0.4, 0.5) is 4.79 Å². The first-order valence-electron chi connectivity index (χ1n) is 11.8. The van der Waals surface area contributed by atoms with Crippen LogP contribution in [0.25, 0.3) is 0 Å². The van der Waals surface area contributed by atoms with Gasteiger partial charge in [0.2, 0.25) is 0 Å². The van der Waals surface area contributed by atoms with E-state index in [1.54, 1.807) is 0 Å². The average molecular weight is 424 g/mol. The van der Waals surface area contributed by atoms with Crippen LogP contribution in [0.5, 0.6) is 0 Å². The lowest BCUT2D eigenvalue weighted by atomic mass is 9.84. The summed E-state index contributed by atoms with van der Waals surface area (Å²) in [5.41, 5.74) is 0.351. The summed E-state index contributed by atoms with van der Waals surface area (Å²) in [6.07, 6.45) is 5.36. The van der Waals surface area contributed by atoms with Crippen LogP contribution in [0.3, 0.4) is 0 Å². The van der Waals surface area contributed by atoms with E-state index in [1.807, 2.05) is 0 Å². The lowest BCUT2D eigenvalue weighted by Gasteiger charge is -2.47. The molecule has 7 heteroatoms. The lowest BCUT2D eigenvalue weighted by molar-refractivity contribution is 0.0342. The van der Waals surface area contributed by atoms with E-state index in [2.05, 4.69) is 94.8 Å². The molecule has 0 aromatic carbocycles. The Morgan fingerprint density at radius 3 is 1.50 bits per heavy atom. The smallest absolute Gasteiger partial charge is 0.434 e. The molecule has 0 aromatic rings. The van der Waals surface area contributed by atoms with Crippen molar-refractivity contribution in [3.8, 4) is 0 Å². The largest absolute Gasteiger partial charge is 0.508 e. The maximum atomic E-state index is 11.9. The Morgan fingerprint density at radius 1 is 0.667 bits per heavy atom. The highest BCUT2D eigenvalue weighted by atomic mass is 16.7. The third-order valence-corrected chi connectivity index (χ3v) is 7.70. The van der Waals surface area contributed by atoms with Crippen LogP contribution < -0.4 is 0 Å². The Labute approximate surface area is 189 Å². The standard InChI is InChI=1S/C23H50B2N2O3/c1-11-20(3,4)26(24)22(7,8)15-13-14-17-29-19(28)30-18-16-23(9,10)27(25)21(5,6)12-2/h11-18,24-25H2,1-10H3. The van der Waals surface area contributed by atoms with E-state index in [1.165, 1.54) is 0 Å². The molecule has 0 amide bonds. The van der Waals surface area contributed by atoms with Gasteiger partial charge in [0.1, 0.15) is 0 Å². The number of unbranched alkanes of at least 4 members (excludes halogenated alkanes) is 1. The summed E-state index contributed by atoms with van der Waals surface area (Å²) >= 11 is 0. The first-order chi connectivity index (χ1) is 13.5. The maximum Gasteiger partial charge on any atom is 0.508 e. The Bertz CT molecular complexity index is 523. The highest BCUT2D eigenvalue weighted by Crippen LogP contribution is 2.29. The summed E-state index contributed by atoms with van der Waals surface area (Å²) in [5, 5.41) is 0. The van der Waals surface area contributed by atoms with E-state index in [9.17, 15) is 4.79 Å². The minimum Gasteiger partial charge on any atom is -0.434 e. The zero-order valence-electron chi connectivity index (χ0n) is 22.3. The molecule has 5 nitrogen and oxygen atoms in total. The number of ether oxygens (including phenoxy) is 2. The number of carbonyl (C=O) groups excluding carboxylic acids is 1. The minimum absolute atomic E-state index is 0.0519. The maximum absolute atomic E-state index is 11.9.